The number of benzene rings is 2. The van der Waals surface area contributed by atoms with E-state index in [1.165, 1.54) is 27.6 Å². The number of hydrogen-bond acceptors (Lipinski definition) is 6. The van der Waals surface area contributed by atoms with Crippen LogP contribution < -0.4 is 4.90 Å². The zero-order chi connectivity index (χ0) is 21.7. The number of anilines is 1. The van der Waals surface area contributed by atoms with Crippen LogP contribution in [0, 0.1) is 0 Å². The monoisotopic (exact) mass is 486 g/mol. The SMILES string of the molecule is O=C1C(=O)N(c2nc3ccc(Cl)cc3s2)C(c2cccs2)C1=C(O)c1ccc(Cl)cc1. The average molecular weight is 487 g/mol. The van der Waals surface area contributed by atoms with Crippen molar-refractivity contribution in [3.05, 3.63) is 86.0 Å². The summed E-state index contributed by atoms with van der Waals surface area (Å²) < 4.78 is 0.798. The highest BCUT2D eigenvalue weighted by atomic mass is 35.5. The number of nitrogens with zero attached hydrogens (tertiary/aromatic N) is 2. The van der Waals surface area contributed by atoms with Gasteiger partial charge in [0.25, 0.3) is 5.78 Å². The van der Waals surface area contributed by atoms with Crippen LogP contribution in [0.1, 0.15) is 16.5 Å². The summed E-state index contributed by atoms with van der Waals surface area (Å²) in [5.74, 6) is -1.75. The number of aliphatic hydroxyl groups is 1. The second-order valence-corrected chi connectivity index (χ2v) is 9.66. The van der Waals surface area contributed by atoms with Crippen LogP contribution in [-0.2, 0) is 9.59 Å². The van der Waals surface area contributed by atoms with Gasteiger partial charge in [0.05, 0.1) is 15.8 Å². The summed E-state index contributed by atoms with van der Waals surface area (Å²) in [5, 5.41) is 14.3. The molecule has 1 aliphatic rings. The predicted octanol–water partition coefficient (Wildman–Crippen LogP) is 6.29. The summed E-state index contributed by atoms with van der Waals surface area (Å²) in [6.07, 6.45) is 0. The molecule has 0 aliphatic carbocycles. The molecule has 5 nitrogen and oxygen atoms in total. The largest absolute Gasteiger partial charge is 0.507 e. The molecular weight excluding hydrogens is 475 g/mol. The van der Waals surface area contributed by atoms with Crippen molar-refractivity contribution in [3.63, 3.8) is 0 Å². The lowest BCUT2D eigenvalue weighted by atomic mass is 10.00. The molecule has 1 fully saturated rings. The van der Waals surface area contributed by atoms with Gasteiger partial charge in [0.2, 0.25) is 0 Å². The third kappa shape index (κ3) is 3.43. The first-order valence-electron chi connectivity index (χ1n) is 9.10. The molecule has 1 saturated heterocycles. The molecule has 1 unspecified atom stereocenters. The van der Waals surface area contributed by atoms with E-state index in [9.17, 15) is 14.7 Å². The Kier molecular flexibility index (Phi) is 5.06. The Morgan fingerprint density at radius 3 is 2.48 bits per heavy atom. The van der Waals surface area contributed by atoms with E-state index in [1.54, 1.807) is 42.5 Å². The van der Waals surface area contributed by atoms with Gasteiger partial charge in [-0.25, -0.2) is 4.98 Å². The molecule has 2 aromatic heterocycles. The summed E-state index contributed by atoms with van der Waals surface area (Å²) in [6.45, 7) is 0. The van der Waals surface area contributed by atoms with Crippen molar-refractivity contribution in [1.82, 2.24) is 4.98 Å². The maximum Gasteiger partial charge on any atom is 0.301 e. The molecule has 9 heteroatoms. The molecule has 3 heterocycles. The van der Waals surface area contributed by atoms with E-state index in [-0.39, 0.29) is 11.3 Å². The molecule has 2 aromatic carbocycles. The third-order valence-corrected chi connectivity index (χ3v) is 7.35. The van der Waals surface area contributed by atoms with Gasteiger partial charge in [0.1, 0.15) is 11.8 Å². The fourth-order valence-corrected chi connectivity index (χ4v) is 5.72. The number of Topliss-reactive ketones (excluding diaryl/α,β-unsaturated/α-hetero) is 1. The van der Waals surface area contributed by atoms with Gasteiger partial charge in [0.15, 0.2) is 5.13 Å². The number of fused-ring (bicyclic) bond motifs is 1. The number of carbonyl (C=O) groups is 2. The number of amides is 1. The van der Waals surface area contributed by atoms with Crippen LogP contribution in [0.4, 0.5) is 5.13 Å². The highest BCUT2D eigenvalue weighted by Gasteiger charge is 2.48. The van der Waals surface area contributed by atoms with Gasteiger partial charge in [-0.3, -0.25) is 14.5 Å². The van der Waals surface area contributed by atoms with Crippen LogP contribution in [0.5, 0.6) is 0 Å². The van der Waals surface area contributed by atoms with Crippen molar-refractivity contribution in [2.75, 3.05) is 4.90 Å². The molecular formula is C22H12Cl2N2O3S2. The summed E-state index contributed by atoms with van der Waals surface area (Å²) >= 11 is 14.7. The maximum absolute atomic E-state index is 13.1. The Hall–Kier alpha value is -2.71. The fourth-order valence-electron chi connectivity index (χ4n) is 3.50. The molecule has 0 bridgehead atoms. The number of halogens is 2. The molecule has 154 valence electrons. The summed E-state index contributed by atoms with van der Waals surface area (Å²) in [4.78, 5) is 32.8. The lowest BCUT2D eigenvalue weighted by Gasteiger charge is -2.21. The molecule has 1 atom stereocenters. The van der Waals surface area contributed by atoms with Crippen LogP contribution in [0.3, 0.4) is 0 Å². The quantitative estimate of drug-likeness (QED) is 0.210. The normalized spacial score (nSPS) is 18.3. The predicted molar refractivity (Wildman–Crippen MR) is 125 cm³/mol. The summed E-state index contributed by atoms with van der Waals surface area (Å²) in [7, 11) is 0. The highest BCUT2D eigenvalue weighted by molar-refractivity contribution is 7.22. The van der Waals surface area contributed by atoms with Gasteiger partial charge in [-0.2, -0.15) is 0 Å². The van der Waals surface area contributed by atoms with Crippen molar-refractivity contribution in [3.8, 4) is 0 Å². The Labute approximate surface area is 194 Å². The number of thiophene rings is 1. The van der Waals surface area contributed by atoms with Crippen LogP contribution in [0.15, 0.2) is 65.6 Å². The Morgan fingerprint density at radius 2 is 1.77 bits per heavy atom. The Balaban J connectivity index is 1.71. The fraction of sp³-hybridized carbons (Fsp3) is 0.0455. The molecule has 1 amide bonds. The third-order valence-electron chi connectivity index (χ3n) is 4.92. The smallest absolute Gasteiger partial charge is 0.301 e. The van der Waals surface area contributed by atoms with E-state index in [0.717, 1.165) is 9.58 Å². The average Bonchev–Trinajstić information content (AvgIpc) is 3.47. The van der Waals surface area contributed by atoms with Crippen LogP contribution >= 0.6 is 45.9 Å². The lowest BCUT2D eigenvalue weighted by Crippen LogP contribution is -2.28. The summed E-state index contributed by atoms with van der Waals surface area (Å²) in [6, 6.07) is 14.6. The van der Waals surface area contributed by atoms with E-state index < -0.39 is 17.7 Å². The van der Waals surface area contributed by atoms with E-state index in [1.807, 2.05) is 17.5 Å². The standard InChI is InChI=1S/C22H12Cl2N2O3S2/c23-12-5-3-11(4-6-12)19(27)17-18(15-2-1-9-30-15)26(21(29)20(17)28)22-25-14-8-7-13(24)10-16(14)31-22/h1-10,18,27H. The minimum atomic E-state index is -0.785. The summed E-state index contributed by atoms with van der Waals surface area (Å²) in [5.41, 5.74) is 1.10. The first kappa shape index (κ1) is 20.2. The molecule has 31 heavy (non-hydrogen) atoms. The molecule has 1 aliphatic heterocycles. The minimum Gasteiger partial charge on any atom is -0.507 e. The number of ketones is 1. The molecule has 1 N–H and O–H groups in total. The zero-order valence-electron chi connectivity index (χ0n) is 15.6. The molecule has 4 aromatic rings. The van der Waals surface area contributed by atoms with Gasteiger partial charge in [-0.05, 0) is 53.9 Å². The van der Waals surface area contributed by atoms with Gasteiger partial charge >= 0.3 is 5.91 Å². The van der Waals surface area contributed by atoms with Gasteiger partial charge in [0, 0.05) is 20.5 Å². The van der Waals surface area contributed by atoms with Gasteiger partial charge in [-0.1, -0.05) is 40.6 Å². The Bertz CT molecular complexity index is 1360. The number of aromatic nitrogens is 1. The van der Waals surface area contributed by atoms with E-state index in [2.05, 4.69) is 4.98 Å². The van der Waals surface area contributed by atoms with Crippen LogP contribution in [0.2, 0.25) is 10.0 Å². The van der Waals surface area contributed by atoms with Crippen LogP contribution in [-0.4, -0.2) is 21.8 Å². The van der Waals surface area contributed by atoms with Gasteiger partial charge < -0.3 is 5.11 Å². The first-order chi connectivity index (χ1) is 14.9. The van der Waals surface area contributed by atoms with Crippen molar-refractivity contribution in [1.29, 1.82) is 0 Å². The lowest BCUT2D eigenvalue weighted by molar-refractivity contribution is -0.132. The maximum atomic E-state index is 13.1. The second-order valence-electron chi connectivity index (χ2n) is 6.80. The highest BCUT2D eigenvalue weighted by Crippen LogP contribution is 2.45. The van der Waals surface area contributed by atoms with E-state index in [0.29, 0.717) is 26.3 Å². The minimum absolute atomic E-state index is 0.0204. The van der Waals surface area contributed by atoms with Crippen molar-refractivity contribution in [2.24, 2.45) is 0 Å². The zero-order valence-corrected chi connectivity index (χ0v) is 18.7. The topological polar surface area (TPSA) is 70.5 Å². The number of hydrogen-bond donors (Lipinski definition) is 1. The molecule has 0 spiro atoms. The molecule has 0 radical (unpaired) electrons. The second kappa shape index (κ2) is 7.76. The first-order valence-corrected chi connectivity index (χ1v) is 11.6. The van der Waals surface area contributed by atoms with Gasteiger partial charge in [-0.15, -0.1) is 11.3 Å². The van der Waals surface area contributed by atoms with Crippen LogP contribution in [0.25, 0.3) is 16.0 Å². The number of rotatable bonds is 3. The van der Waals surface area contributed by atoms with Crippen molar-refractivity contribution < 1.29 is 14.7 Å². The number of thiazole rings is 1. The molecule has 0 saturated carbocycles. The molecule has 5 rings (SSSR count). The number of carbonyl (C=O) groups excluding carboxylic acids is 2. The van der Waals surface area contributed by atoms with E-state index >= 15 is 0 Å². The van der Waals surface area contributed by atoms with Crippen molar-refractivity contribution >= 4 is 78.7 Å². The van der Waals surface area contributed by atoms with E-state index in [4.69, 9.17) is 23.2 Å². The number of aliphatic hydroxyl groups excluding tert-OH is 1. The Morgan fingerprint density at radius 1 is 1.03 bits per heavy atom. The van der Waals surface area contributed by atoms with Crippen molar-refractivity contribution in [2.45, 2.75) is 6.04 Å².